The SMILES string of the molecule is C[C@](O)(CNC(=O)NCCC1=CCOCC1)c1ccc(F)cc1. The number of benzene rings is 1. The number of ether oxygens (including phenoxy) is 1. The number of rotatable bonds is 6. The second-order valence-electron chi connectivity index (χ2n) is 5.83. The van der Waals surface area contributed by atoms with Crippen molar-refractivity contribution >= 4 is 6.03 Å². The predicted octanol–water partition coefficient (Wildman–Crippen LogP) is 2.07. The maximum atomic E-state index is 12.9. The average Bonchev–Trinajstić information content (AvgIpc) is 2.54. The van der Waals surface area contributed by atoms with Gasteiger partial charge in [0.25, 0.3) is 0 Å². The number of carbonyl (C=O) groups excluding carboxylic acids is 1. The van der Waals surface area contributed by atoms with Gasteiger partial charge in [0.2, 0.25) is 0 Å². The fourth-order valence-corrected chi connectivity index (χ4v) is 2.35. The first-order chi connectivity index (χ1) is 11.0. The van der Waals surface area contributed by atoms with Gasteiger partial charge < -0.3 is 20.5 Å². The van der Waals surface area contributed by atoms with Gasteiger partial charge in [-0.25, -0.2) is 9.18 Å². The van der Waals surface area contributed by atoms with Crippen LogP contribution in [0.2, 0.25) is 0 Å². The van der Waals surface area contributed by atoms with Gasteiger partial charge in [-0.2, -0.15) is 0 Å². The Morgan fingerprint density at radius 3 is 2.74 bits per heavy atom. The summed E-state index contributed by atoms with van der Waals surface area (Å²) >= 11 is 0. The molecule has 126 valence electrons. The van der Waals surface area contributed by atoms with Crippen LogP contribution in [0, 0.1) is 5.82 Å². The Morgan fingerprint density at radius 2 is 2.09 bits per heavy atom. The van der Waals surface area contributed by atoms with E-state index in [1.807, 2.05) is 6.08 Å². The number of urea groups is 1. The summed E-state index contributed by atoms with van der Waals surface area (Å²) < 4.78 is 18.1. The van der Waals surface area contributed by atoms with E-state index in [1.54, 1.807) is 6.92 Å². The summed E-state index contributed by atoms with van der Waals surface area (Å²) in [4.78, 5) is 11.8. The Kier molecular flexibility index (Phi) is 6.12. The highest BCUT2D eigenvalue weighted by molar-refractivity contribution is 5.73. The molecule has 1 aliphatic heterocycles. The first kappa shape index (κ1) is 17.4. The van der Waals surface area contributed by atoms with E-state index in [2.05, 4.69) is 10.6 Å². The van der Waals surface area contributed by atoms with E-state index in [4.69, 9.17) is 4.74 Å². The van der Waals surface area contributed by atoms with Crippen LogP contribution in [0.5, 0.6) is 0 Å². The van der Waals surface area contributed by atoms with Crippen LogP contribution >= 0.6 is 0 Å². The summed E-state index contributed by atoms with van der Waals surface area (Å²) in [6.07, 6.45) is 3.75. The minimum absolute atomic E-state index is 0.0427. The van der Waals surface area contributed by atoms with Gasteiger partial charge in [0.05, 0.1) is 19.8 Å². The molecule has 1 heterocycles. The topological polar surface area (TPSA) is 70.6 Å². The third kappa shape index (κ3) is 5.65. The van der Waals surface area contributed by atoms with Crippen LogP contribution in [0.15, 0.2) is 35.9 Å². The van der Waals surface area contributed by atoms with Gasteiger partial charge in [-0.3, -0.25) is 0 Å². The number of hydrogen-bond donors (Lipinski definition) is 3. The molecule has 6 heteroatoms. The molecule has 2 amide bonds. The summed E-state index contributed by atoms with van der Waals surface area (Å²) in [5.74, 6) is -0.363. The summed E-state index contributed by atoms with van der Waals surface area (Å²) in [5.41, 5.74) is 0.579. The van der Waals surface area contributed by atoms with Crippen molar-refractivity contribution in [1.82, 2.24) is 10.6 Å². The summed E-state index contributed by atoms with van der Waals surface area (Å²) in [7, 11) is 0. The van der Waals surface area contributed by atoms with Crippen molar-refractivity contribution in [2.75, 3.05) is 26.3 Å². The fourth-order valence-electron chi connectivity index (χ4n) is 2.35. The van der Waals surface area contributed by atoms with Gasteiger partial charge in [0.15, 0.2) is 0 Å². The zero-order chi connectivity index (χ0) is 16.7. The van der Waals surface area contributed by atoms with Gasteiger partial charge in [0, 0.05) is 6.54 Å². The lowest BCUT2D eigenvalue weighted by molar-refractivity contribution is 0.0593. The molecule has 2 rings (SSSR count). The van der Waals surface area contributed by atoms with Crippen LogP contribution in [-0.4, -0.2) is 37.4 Å². The van der Waals surface area contributed by atoms with E-state index in [1.165, 1.54) is 29.8 Å². The van der Waals surface area contributed by atoms with Gasteiger partial charge in [0.1, 0.15) is 11.4 Å². The van der Waals surface area contributed by atoms with Crippen LogP contribution in [0.25, 0.3) is 0 Å². The molecule has 0 spiro atoms. The molecule has 0 unspecified atom stereocenters. The van der Waals surface area contributed by atoms with E-state index >= 15 is 0 Å². The van der Waals surface area contributed by atoms with Crippen LogP contribution in [0.4, 0.5) is 9.18 Å². The molecule has 3 N–H and O–H groups in total. The van der Waals surface area contributed by atoms with E-state index in [0.29, 0.717) is 18.7 Å². The van der Waals surface area contributed by atoms with Crippen molar-refractivity contribution in [3.8, 4) is 0 Å². The Balaban J connectivity index is 1.72. The average molecular weight is 322 g/mol. The molecule has 0 aliphatic carbocycles. The lowest BCUT2D eigenvalue weighted by atomic mass is 9.96. The highest BCUT2D eigenvalue weighted by Gasteiger charge is 2.23. The van der Waals surface area contributed by atoms with Gasteiger partial charge in [-0.1, -0.05) is 23.8 Å². The molecule has 0 fully saturated rings. The fraction of sp³-hybridized carbons (Fsp3) is 0.471. The molecule has 1 atom stereocenters. The molecule has 1 aliphatic rings. The van der Waals surface area contributed by atoms with Gasteiger partial charge >= 0.3 is 6.03 Å². The molecule has 0 saturated carbocycles. The van der Waals surface area contributed by atoms with E-state index in [-0.39, 0.29) is 18.4 Å². The van der Waals surface area contributed by atoms with Crippen molar-refractivity contribution in [1.29, 1.82) is 0 Å². The zero-order valence-electron chi connectivity index (χ0n) is 13.3. The normalized spacial score (nSPS) is 17.1. The minimum atomic E-state index is -1.26. The third-order valence-electron chi connectivity index (χ3n) is 3.85. The largest absolute Gasteiger partial charge is 0.384 e. The molecule has 23 heavy (non-hydrogen) atoms. The van der Waals surface area contributed by atoms with Crippen LogP contribution in [0.3, 0.4) is 0 Å². The number of hydrogen-bond acceptors (Lipinski definition) is 3. The lowest BCUT2D eigenvalue weighted by Crippen LogP contribution is -2.43. The Hall–Kier alpha value is -1.92. The van der Waals surface area contributed by atoms with Crippen molar-refractivity contribution in [3.63, 3.8) is 0 Å². The summed E-state index contributed by atoms with van der Waals surface area (Å²) in [6.45, 7) is 3.53. The monoisotopic (exact) mass is 322 g/mol. The van der Waals surface area contributed by atoms with E-state index < -0.39 is 5.60 Å². The maximum Gasteiger partial charge on any atom is 0.314 e. The molecular formula is C17H23FN2O3. The number of aliphatic hydroxyl groups is 1. The first-order valence-corrected chi connectivity index (χ1v) is 7.73. The van der Waals surface area contributed by atoms with E-state index in [9.17, 15) is 14.3 Å². The van der Waals surface area contributed by atoms with Crippen LogP contribution in [-0.2, 0) is 10.3 Å². The summed E-state index contributed by atoms with van der Waals surface area (Å²) in [6, 6.07) is 5.25. The number of amides is 2. The van der Waals surface area contributed by atoms with Crippen LogP contribution in [0.1, 0.15) is 25.3 Å². The molecule has 0 aromatic heterocycles. The molecule has 1 aromatic carbocycles. The lowest BCUT2D eigenvalue weighted by Gasteiger charge is -2.24. The number of halogens is 1. The van der Waals surface area contributed by atoms with Gasteiger partial charge in [-0.15, -0.1) is 0 Å². The summed E-state index contributed by atoms with van der Waals surface area (Å²) in [5, 5.41) is 15.8. The molecule has 5 nitrogen and oxygen atoms in total. The zero-order valence-corrected chi connectivity index (χ0v) is 13.3. The van der Waals surface area contributed by atoms with Gasteiger partial charge in [-0.05, 0) is 37.5 Å². The molecule has 0 saturated heterocycles. The maximum absolute atomic E-state index is 12.9. The molecule has 1 aromatic rings. The first-order valence-electron chi connectivity index (χ1n) is 7.73. The van der Waals surface area contributed by atoms with Crippen molar-refractivity contribution in [2.45, 2.75) is 25.4 Å². The Morgan fingerprint density at radius 1 is 1.35 bits per heavy atom. The minimum Gasteiger partial charge on any atom is -0.384 e. The van der Waals surface area contributed by atoms with E-state index in [0.717, 1.165) is 19.4 Å². The quantitative estimate of drug-likeness (QED) is 0.702. The smallest absolute Gasteiger partial charge is 0.314 e. The second-order valence-corrected chi connectivity index (χ2v) is 5.83. The highest BCUT2D eigenvalue weighted by atomic mass is 19.1. The third-order valence-corrected chi connectivity index (χ3v) is 3.85. The Labute approximate surface area is 135 Å². The number of carbonyl (C=O) groups is 1. The Bertz CT molecular complexity index is 555. The van der Waals surface area contributed by atoms with Crippen molar-refractivity contribution in [3.05, 3.63) is 47.3 Å². The molecule has 0 bridgehead atoms. The standard InChI is InChI=1S/C17H23FN2O3/c1-17(22,14-2-4-15(18)5-3-14)12-20-16(21)19-9-6-13-7-10-23-11-8-13/h2-5,7,22H,6,8-12H2,1H3,(H2,19,20,21)/t17-/m0/s1. The number of nitrogens with one attached hydrogen (secondary N) is 2. The predicted molar refractivity (Wildman–Crippen MR) is 85.5 cm³/mol. The molecule has 0 radical (unpaired) electrons. The second kappa shape index (κ2) is 8.08. The highest BCUT2D eigenvalue weighted by Crippen LogP contribution is 2.19. The van der Waals surface area contributed by atoms with Crippen molar-refractivity contribution < 1.29 is 19.0 Å². The van der Waals surface area contributed by atoms with Crippen LogP contribution < -0.4 is 10.6 Å². The van der Waals surface area contributed by atoms with Crippen molar-refractivity contribution in [2.24, 2.45) is 0 Å². The molecular weight excluding hydrogens is 299 g/mol.